The minimum absolute atomic E-state index is 0.667. The highest BCUT2D eigenvalue weighted by Crippen LogP contribution is 2.45. The van der Waals surface area contributed by atoms with Crippen LogP contribution in [0.1, 0.15) is 0 Å². The quantitative estimate of drug-likeness (QED) is 0.143. The van der Waals surface area contributed by atoms with Crippen molar-refractivity contribution in [3.05, 3.63) is 255 Å². The number of hydrogen-bond donors (Lipinski definition) is 0. The third-order valence-corrected chi connectivity index (χ3v) is 13.4. The van der Waals surface area contributed by atoms with Gasteiger partial charge in [0.15, 0.2) is 5.82 Å². The zero-order valence-corrected chi connectivity index (χ0v) is 37.5. The molecule has 13 rings (SSSR count). The summed E-state index contributed by atoms with van der Waals surface area (Å²) in [6.07, 6.45) is 0. The minimum Gasteiger partial charge on any atom is -0.309 e. The van der Waals surface area contributed by atoms with Gasteiger partial charge in [-0.15, -0.1) is 0 Å². The molecular formula is C65H42N4. The molecule has 0 unspecified atom stereocenters. The topological polar surface area (TPSA) is 43.6 Å². The first kappa shape index (κ1) is 40.1. The van der Waals surface area contributed by atoms with Crippen molar-refractivity contribution in [1.29, 1.82) is 0 Å². The molecule has 0 aliphatic heterocycles. The predicted molar refractivity (Wildman–Crippen MR) is 287 cm³/mol. The van der Waals surface area contributed by atoms with Crippen LogP contribution in [-0.4, -0.2) is 19.5 Å². The molecule has 0 aliphatic rings. The summed E-state index contributed by atoms with van der Waals surface area (Å²) < 4.78 is 2.39. The van der Waals surface area contributed by atoms with Crippen LogP contribution < -0.4 is 0 Å². The lowest BCUT2D eigenvalue weighted by Gasteiger charge is -2.18. The highest BCUT2D eigenvalue weighted by atomic mass is 15.0. The largest absolute Gasteiger partial charge is 0.309 e. The fourth-order valence-corrected chi connectivity index (χ4v) is 10.2. The van der Waals surface area contributed by atoms with E-state index in [0.717, 1.165) is 89.1 Å². The van der Waals surface area contributed by atoms with Crippen molar-refractivity contribution in [3.63, 3.8) is 0 Å². The van der Waals surface area contributed by atoms with Crippen LogP contribution >= 0.6 is 0 Å². The number of para-hydroxylation sites is 3. The van der Waals surface area contributed by atoms with Gasteiger partial charge in [0.1, 0.15) is 0 Å². The second-order valence-electron chi connectivity index (χ2n) is 17.5. The van der Waals surface area contributed by atoms with Gasteiger partial charge >= 0.3 is 0 Å². The number of nitrogens with zero attached hydrogens (tertiary/aromatic N) is 4. The molecule has 0 fully saturated rings. The van der Waals surface area contributed by atoms with Gasteiger partial charge in [-0.3, -0.25) is 0 Å². The number of aromatic nitrogens is 4. The van der Waals surface area contributed by atoms with Crippen molar-refractivity contribution in [2.24, 2.45) is 0 Å². The van der Waals surface area contributed by atoms with Crippen molar-refractivity contribution in [1.82, 2.24) is 19.5 Å². The van der Waals surface area contributed by atoms with E-state index in [0.29, 0.717) is 5.82 Å². The number of fused-ring (bicyclic) bond motifs is 7. The van der Waals surface area contributed by atoms with Gasteiger partial charge < -0.3 is 4.57 Å². The summed E-state index contributed by atoms with van der Waals surface area (Å²) in [4.78, 5) is 16.5. The second-order valence-corrected chi connectivity index (χ2v) is 17.5. The molecule has 0 saturated heterocycles. The average molecular weight is 879 g/mol. The third kappa shape index (κ3) is 7.06. The van der Waals surface area contributed by atoms with Gasteiger partial charge in [-0.25, -0.2) is 15.0 Å². The Kier molecular flexibility index (Phi) is 9.80. The van der Waals surface area contributed by atoms with Crippen LogP contribution in [0.2, 0.25) is 0 Å². The maximum absolute atomic E-state index is 5.51. The summed E-state index contributed by atoms with van der Waals surface area (Å²) in [5, 5.41) is 5.84. The molecule has 0 spiro atoms. The maximum Gasteiger partial charge on any atom is 0.160 e. The Hall–Kier alpha value is -9.25. The van der Waals surface area contributed by atoms with Crippen molar-refractivity contribution in [2.75, 3.05) is 0 Å². The van der Waals surface area contributed by atoms with Crippen molar-refractivity contribution in [3.8, 4) is 84.2 Å². The van der Waals surface area contributed by atoms with Crippen LogP contribution in [0, 0.1) is 0 Å². The van der Waals surface area contributed by atoms with Crippen LogP contribution in [0.15, 0.2) is 255 Å². The van der Waals surface area contributed by atoms with Gasteiger partial charge in [-0.1, -0.05) is 218 Å². The van der Waals surface area contributed by atoms with Crippen molar-refractivity contribution in [2.45, 2.75) is 0 Å². The first-order valence-corrected chi connectivity index (χ1v) is 23.4. The summed E-state index contributed by atoms with van der Waals surface area (Å²) in [5.41, 5.74) is 17.6. The summed E-state index contributed by atoms with van der Waals surface area (Å²) >= 11 is 0. The molecule has 0 bridgehead atoms. The molecule has 69 heavy (non-hydrogen) atoms. The van der Waals surface area contributed by atoms with Crippen molar-refractivity contribution >= 4 is 43.5 Å². The van der Waals surface area contributed by atoms with Gasteiger partial charge in [0, 0.05) is 60.4 Å². The Balaban J connectivity index is 1.06. The molecule has 3 aromatic heterocycles. The first-order valence-electron chi connectivity index (χ1n) is 23.4. The van der Waals surface area contributed by atoms with Gasteiger partial charge in [0.25, 0.3) is 0 Å². The number of rotatable bonds is 8. The molecule has 3 heterocycles. The minimum atomic E-state index is 0.667. The van der Waals surface area contributed by atoms with Gasteiger partial charge in [0.05, 0.1) is 33.6 Å². The number of pyridine rings is 1. The van der Waals surface area contributed by atoms with Crippen LogP contribution in [-0.2, 0) is 0 Å². The lowest BCUT2D eigenvalue weighted by molar-refractivity contribution is 1.18. The lowest BCUT2D eigenvalue weighted by Crippen LogP contribution is -2.01. The Morgan fingerprint density at radius 3 is 1.36 bits per heavy atom. The first-order chi connectivity index (χ1) is 34.2. The fraction of sp³-hybridized carbons (Fsp3) is 0. The van der Waals surface area contributed by atoms with Gasteiger partial charge in [-0.05, 0) is 64.2 Å². The standard InChI is InChI=1S/C65H42N4/c1-5-18-43(19-6-1)45-32-36-47(37-33-45)63-59(64(68-65(67-63)49-22-9-3-10-23-49)48-38-34-46(35-39-48)44-20-7-2-8-21-44)50-24-17-25-51(42-50)62-55-40-41-58-61(60(55)53-28-13-15-30-56(53)66-62)54-29-14-16-31-57(54)69(58)52-26-11-4-12-27-52/h1-42H. The molecule has 4 nitrogen and oxygen atoms in total. The molecule has 0 amide bonds. The van der Waals surface area contributed by atoms with E-state index in [1.807, 2.05) is 18.2 Å². The highest BCUT2D eigenvalue weighted by molar-refractivity contribution is 6.29. The van der Waals surface area contributed by atoms with E-state index in [-0.39, 0.29) is 0 Å². The molecule has 322 valence electrons. The molecule has 0 radical (unpaired) electrons. The van der Waals surface area contributed by atoms with Gasteiger partial charge in [-0.2, -0.15) is 0 Å². The molecule has 0 saturated carbocycles. The predicted octanol–water partition coefficient (Wildman–Crippen LogP) is 16.9. The van der Waals surface area contributed by atoms with E-state index >= 15 is 0 Å². The van der Waals surface area contributed by atoms with Crippen LogP contribution in [0.4, 0.5) is 0 Å². The monoisotopic (exact) mass is 878 g/mol. The Labute approximate surface area is 400 Å². The number of hydrogen-bond acceptors (Lipinski definition) is 3. The zero-order chi connectivity index (χ0) is 45.7. The van der Waals surface area contributed by atoms with E-state index < -0.39 is 0 Å². The SMILES string of the molecule is c1ccc(-c2ccc(-c3nc(-c4ccccc4)nc(-c4ccc(-c5ccccc5)cc4)c3-c3cccc(-c4nc5ccccc5c5c4ccc4c5c5ccccc5n4-c4ccccc4)c3)cc2)cc1. The van der Waals surface area contributed by atoms with Crippen LogP contribution in [0.3, 0.4) is 0 Å². The summed E-state index contributed by atoms with van der Waals surface area (Å²) in [6, 6.07) is 90.3. The molecule has 4 heteroatoms. The number of benzene rings is 10. The van der Waals surface area contributed by atoms with E-state index in [2.05, 4.69) is 241 Å². The summed E-state index contributed by atoms with van der Waals surface area (Å²) in [5.74, 6) is 0.667. The maximum atomic E-state index is 5.51. The van der Waals surface area contributed by atoms with Crippen molar-refractivity contribution < 1.29 is 0 Å². The Bertz CT molecular complexity index is 3910. The van der Waals surface area contributed by atoms with E-state index in [9.17, 15) is 0 Å². The zero-order valence-electron chi connectivity index (χ0n) is 37.5. The van der Waals surface area contributed by atoms with E-state index in [1.54, 1.807) is 0 Å². The second kappa shape index (κ2) is 16.9. The molecule has 10 aromatic carbocycles. The Morgan fingerprint density at radius 2 is 0.739 bits per heavy atom. The van der Waals surface area contributed by atoms with Crippen LogP contribution in [0.5, 0.6) is 0 Å². The third-order valence-electron chi connectivity index (χ3n) is 13.4. The Morgan fingerprint density at radius 1 is 0.261 bits per heavy atom. The molecule has 0 N–H and O–H groups in total. The summed E-state index contributed by atoms with van der Waals surface area (Å²) in [7, 11) is 0. The fourth-order valence-electron chi connectivity index (χ4n) is 10.2. The lowest BCUT2D eigenvalue weighted by atomic mass is 9.90. The average Bonchev–Trinajstić information content (AvgIpc) is 3.78. The smallest absolute Gasteiger partial charge is 0.160 e. The molecule has 0 aliphatic carbocycles. The van der Waals surface area contributed by atoms with Gasteiger partial charge in [0.2, 0.25) is 0 Å². The van der Waals surface area contributed by atoms with Crippen LogP contribution in [0.25, 0.3) is 128 Å². The van der Waals surface area contributed by atoms with E-state index in [1.165, 1.54) is 32.8 Å². The van der Waals surface area contributed by atoms with E-state index in [4.69, 9.17) is 15.0 Å². The molecular weight excluding hydrogens is 837 g/mol. The summed E-state index contributed by atoms with van der Waals surface area (Å²) in [6.45, 7) is 0. The molecule has 13 aromatic rings. The highest BCUT2D eigenvalue weighted by Gasteiger charge is 2.23. The normalized spacial score (nSPS) is 11.5. The molecule has 0 atom stereocenters.